The van der Waals surface area contributed by atoms with Crippen LogP contribution in [0.5, 0.6) is 0 Å². The highest BCUT2D eigenvalue weighted by atomic mass is 19.1. The van der Waals surface area contributed by atoms with Gasteiger partial charge in [-0.05, 0) is 23.6 Å². The van der Waals surface area contributed by atoms with Crippen LogP contribution in [0.2, 0.25) is 0 Å². The molecule has 2 aromatic rings. The van der Waals surface area contributed by atoms with E-state index in [-0.39, 0.29) is 23.9 Å². The summed E-state index contributed by atoms with van der Waals surface area (Å²) in [4.78, 5) is 23.6. The van der Waals surface area contributed by atoms with Gasteiger partial charge in [0.25, 0.3) is 5.91 Å². The lowest BCUT2D eigenvalue weighted by Crippen LogP contribution is -2.38. The monoisotopic (exact) mass is 314 g/mol. The Balaban J connectivity index is 1.77. The molecule has 0 fully saturated rings. The molecule has 0 spiro atoms. The Bertz CT molecular complexity index is 674. The van der Waals surface area contributed by atoms with Crippen molar-refractivity contribution in [2.45, 2.75) is 12.8 Å². The van der Waals surface area contributed by atoms with Crippen LogP contribution in [0.3, 0.4) is 0 Å². The van der Waals surface area contributed by atoms with E-state index in [1.165, 1.54) is 18.2 Å². The first-order valence-electron chi connectivity index (χ1n) is 7.42. The summed E-state index contributed by atoms with van der Waals surface area (Å²) in [6.45, 7) is 2.29. The van der Waals surface area contributed by atoms with Crippen molar-refractivity contribution in [3.63, 3.8) is 0 Å². The van der Waals surface area contributed by atoms with Crippen molar-refractivity contribution < 1.29 is 14.0 Å². The molecule has 2 amide bonds. The predicted molar refractivity (Wildman–Crippen MR) is 86.6 cm³/mol. The van der Waals surface area contributed by atoms with Crippen LogP contribution in [0.4, 0.5) is 4.39 Å². The molecule has 2 rings (SSSR count). The van der Waals surface area contributed by atoms with E-state index >= 15 is 0 Å². The summed E-state index contributed by atoms with van der Waals surface area (Å²) in [5.41, 5.74) is 1.06. The van der Waals surface area contributed by atoms with E-state index in [0.29, 0.717) is 6.54 Å². The number of rotatable bonds is 6. The molecule has 0 aliphatic rings. The maximum absolute atomic E-state index is 13.4. The van der Waals surface area contributed by atoms with Gasteiger partial charge in [-0.15, -0.1) is 0 Å². The van der Waals surface area contributed by atoms with Crippen molar-refractivity contribution >= 4 is 11.8 Å². The molecule has 1 atom stereocenters. The SMILES string of the molecule is C[C@@H](CNC(=O)CNC(=O)c1ccccc1F)c1ccccc1. The zero-order valence-corrected chi connectivity index (χ0v) is 12.9. The third-order valence-electron chi connectivity index (χ3n) is 3.50. The highest BCUT2D eigenvalue weighted by molar-refractivity contribution is 5.96. The average molecular weight is 314 g/mol. The van der Waals surface area contributed by atoms with Gasteiger partial charge in [0.05, 0.1) is 12.1 Å². The van der Waals surface area contributed by atoms with Crippen LogP contribution in [0.15, 0.2) is 54.6 Å². The maximum atomic E-state index is 13.4. The second-order valence-electron chi connectivity index (χ2n) is 5.28. The van der Waals surface area contributed by atoms with E-state index in [9.17, 15) is 14.0 Å². The van der Waals surface area contributed by atoms with Crippen molar-refractivity contribution in [1.82, 2.24) is 10.6 Å². The van der Waals surface area contributed by atoms with E-state index in [2.05, 4.69) is 10.6 Å². The number of hydrogen-bond acceptors (Lipinski definition) is 2. The molecule has 23 heavy (non-hydrogen) atoms. The Morgan fingerprint density at radius 1 is 1.00 bits per heavy atom. The summed E-state index contributed by atoms with van der Waals surface area (Å²) in [7, 11) is 0. The van der Waals surface area contributed by atoms with Gasteiger partial charge in [0.15, 0.2) is 0 Å². The molecule has 120 valence electrons. The molecule has 5 heteroatoms. The van der Waals surface area contributed by atoms with Crippen LogP contribution >= 0.6 is 0 Å². The molecule has 2 aromatic carbocycles. The van der Waals surface area contributed by atoms with Crippen LogP contribution in [0, 0.1) is 5.82 Å². The second kappa shape index (κ2) is 8.08. The highest BCUT2D eigenvalue weighted by Crippen LogP contribution is 2.12. The zero-order chi connectivity index (χ0) is 16.7. The molecule has 0 aliphatic heterocycles. The topological polar surface area (TPSA) is 58.2 Å². The molecular formula is C18H19FN2O2. The lowest BCUT2D eigenvalue weighted by molar-refractivity contribution is -0.120. The Hall–Kier alpha value is -2.69. The molecule has 2 N–H and O–H groups in total. The molecule has 0 bridgehead atoms. The minimum atomic E-state index is -0.608. The van der Waals surface area contributed by atoms with Crippen molar-refractivity contribution in [3.8, 4) is 0 Å². The standard InChI is InChI=1S/C18H19FN2O2/c1-13(14-7-3-2-4-8-14)11-20-17(22)12-21-18(23)15-9-5-6-10-16(15)19/h2-10,13H,11-12H2,1H3,(H,20,22)(H,21,23)/t13-/m0/s1. The van der Waals surface area contributed by atoms with Gasteiger partial charge < -0.3 is 10.6 Å². The van der Waals surface area contributed by atoms with Gasteiger partial charge in [0.2, 0.25) is 5.91 Å². The molecular weight excluding hydrogens is 295 g/mol. The van der Waals surface area contributed by atoms with Gasteiger partial charge in [-0.3, -0.25) is 9.59 Å². The van der Waals surface area contributed by atoms with Crippen LogP contribution in [0.1, 0.15) is 28.8 Å². The first-order valence-corrected chi connectivity index (χ1v) is 7.42. The van der Waals surface area contributed by atoms with Crippen molar-refractivity contribution in [2.75, 3.05) is 13.1 Å². The smallest absolute Gasteiger partial charge is 0.254 e. The van der Waals surface area contributed by atoms with Gasteiger partial charge >= 0.3 is 0 Å². The van der Waals surface area contributed by atoms with Crippen LogP contribution in [-0.4, -0.2) is 24.9 Å². The number of hydrogen-bond donors (Lipinski definition) is 2. The fraction of sp³-hybridized carbons (Fsp3) is 0.222. The average Bonchev–Trinajstić information content (AvgIpc) is 2.58. The van der Waals surface area contributed by atoms with Crippen molar-refractivity contribution in [1.29, 1.82) is 0 Å². The first-order chi connectivity index (χ1) is 11.1. The Morgan fingerprint density at radius 3 is 2.35 bits per heavy atom. The molecule has 0 heterocycles. The highest BCUT2D eigenvalue weighted by Gasteiger charge is 2.12. The molecule has 0 saturated heterocycles. The van der Waals surface area contributed by atoms with E-state index in [1.54, 1.807) is 6.07 Å². The second-order valence-corrected chi connectivity index (χ2v) is 5.28. The number of nitrogens with one attached hydrogen (secondary N) is 2. The fourth-order valence-electron chi connectivity index (χ4n) is 2.13. The predicted octanol–water partition coefficient (Wildman–Crippen LogP) is 2.48. The Morgan fingerprint density at radius 2 is 1.65 bits per heavy atom. The van der Waals surface area contributed by atoms with Crippen molar-refractivity contribution in [2.24, 2.45) is 0 Å². The quantitative estimate of drug-likeness (QED) is 0.860. The van der Waals surface area contributed by atoms with Crippen molar-refractivity contribution in [3.05, 3.63) is 71.5 Å². The van der Waals surface area contributed by atoms with E-state index in [0.717, 1.165) is 5.56 Å². The molecule has 0 saturated carbocycles. The summed E-state index contributed by atoms with van der Waals surface area (Å²) in [5, 5.41) is 5.17. The number of benzene rings is 2. The van der Waals surface area contributed by atoms with E-state index < -0.39 is 11.7 Å². The molecule has 0 aromatic heterocycles. The summed E-state index contributed by atoms with van der Waals surface area (Å²) in [5.74, 6) is -1.35. The van der Waals surface area contributed by atoms with E-state index in [1.807, 2.05) is 37.3 Å². The maximum Gasteiger partial charge on any atom is 0.254 e. The van der Waals surface area contributed by atoms with Gasteiger partial charge in [0.1, 0.15) is 5.82 Å². The van der Waals surface area contributed by atoms with Crippen LogP contribution < -0.4 is 10.6 Å². The molecule has 0 radical (unpaired) electrons. The first kappa shape index (κ1) is 16.7. The number of carbonyl (C=O) groups is 2. The largest absolute Gasteiger partial charge is 0.354 e. The van der Waals surface area contributed by atoms with Gasteiger partial charge in [-0.1, -0.05) is 49.4 Å². The third kappa shape index (κ3) is 4.92. The zero-order valence-electron chi connectivity index (χ0n) is 12.9. The van der Waals surface area contributed by atoms with Gasteiger partial charge in [-0.2, -0.15) is 0 Å². The Labute approximate surface area is 134 Å². The molecule has 0 unspecified atom stereocenters. The Kier molecular flexibility index (Phi) is 5.86. The summed E-state index contributed by atoms with van der Waals surface area (Å²) >= 11 is 0. The summed E-state index contributed by atoms with van der Waals surface area (Å²) < 4.78 is 13.4. The van der Waals surface area contributed by atoms with E-state index in [4.69, 9.17) is 0 Å². The van der Waals surface area contributed by atoms with Crippen LogP contribution in [0.25, 0.3) is 0 Å². The minimum Gasteiger partial charge on any atom is -0.354 e. The normalized spacial score (nSPS) is 11.6. The fourth-order valence-corrected chi connectivity index (χ4v) is 2.13. The number of amides is 2. The number of carbonyl (C=O) groups excluding carboxylic acids is 2. The minimum absolute atomic E-state index is 0.0713. The van der Waals surface area contributed by atoms with Crippen LogP contribution in [-0.2, 0) is 4.79 Å². The summed E-state index contributed by atoms with van der Waals surface area (Å²) in [6, 6.07) is 15.5. The van der Waals surface area contributed by atoms with Gasteiger partial charge in [0, 0.05) is 6.54 Å². The lowest BCUT2D eigenvalue weighted by atomic mass is 10.0. The third-order valence-corrected chi connectivity index (χ3v) is 3.50. The molecule has 0 aliphatic carbocycles. The summed E-state index contributed by atoms with van der Waals surface area (Å²) in [6.07, 6.45) is 0. The molecule has 4 nitrogen and oxygen atoms in total. The number of halogens is 1. The van der Waals surface area contributed by atoms with Gasteiger partial charge in [-0.25, -0.2) is 4.39 Å². The lowest BCUT2D eigenvalue weighted by Gasteiger charge is -2.13.